The average Bonchev–Trinajstić information content (AvgIpc) is 2.30. The van der Waals surface area contributed by atoms with Crippen molar-refractivity contribution >= 4 is 32.8 Å². The Bertz CT molecular complexity index is 739. The van der Waals surface area contributed by atoms with Gasteiger partial charge in [-0.2, -0.15) is 8.42 Å². The normalized spacial score (nSPS) is 11.3. The minimum atomic E-state index is -4.68. The van der Waals surface area contributed by atoms with Crippen LogP contribution in [-0.4, -0.2) is 18.9 Å². The first-order valence-corrected chi connectivity index (χ1v) is 6.69. The molecule has 0 spiro atoms. The van der Waals surface area contributed by atoms with Gasteiger partial charge in [0.25, 0.3) is 0 Å². The molecule has 2 N–H and O–H groups in total. The van der Waals surface area contributed by atoms with Crippen LogP contribution in [0.4, 0.5) is 5.69 Å². The van der Waals surface area contributed by atoms with Crippen molar-refractivity contribution in [1.29, 1.82) is 0 Å². The van der Waals surface area contributed by atoms with Gasteiger partial charge in [-0.25, -0.2) is 0 Å². The quantitative estimate of drug-likeness (QED) is 0.839. The van der Waals surface area contributed by atoms with Crippen LogP contribution in [0.2, 0.25) is 0 Å². The second-order valence-electron chi connectivity index (χ2n) is 3.86. The molecule has 6 nitrogen and oxygen atoms in total. The van der Waals surface area contributed by atoms with Crippen molar-refractivity contribution in [3.8, 4) is 5.75 Å². The van der Waals surface area contributed by atoms with Crippen LogP contribution in [-0.2, 0) is 15.2 Å². The third-order valence-electron chi connectivity index (χ3n) is 2.38. The van der Waals surface area contributed by atoms with E-state index in [0.717, 1.165) is 5.39 Å². The standard InChI is InChI=1S/C12H11NO5S/c1-8(14)13-11-7-6-9-4-2-3-5-10(9)12(11)18-19(15,16)17/h2-7H,1H3,(H,13,14)(H,15,16,17). The summed E-state index contributed by atoms with van der Waals surface area (Å²) in [6, 6.07) is 10.1. The molecule has 0 saturated carbocycles. The van der Waals surface area contributed by atoms with Crippen LogP contribution in [0.25, 0.3) is 10.8 Å². The smallest absolute Gasteiger partial charge is 0.359 e. The van der Waals surface area contributed by atoms with Gasteiger partial charge in [-0.05, 0) is 11.5 Å². The molecule has 0 aliphatic heterocycles. The molecule has 0 atom stereocenters. The Morgan fingerprint density at radius 1 is 1.21 bits per heavy atom. The van der Waals surface area contributed by atoms with Gasteiger partial charge in [-0.1, -0.05) is 30.3 Å². The highest BCUT2D eigenvalue weighted by atomic mass is 32.3. The SMILES string of the molecule is CC(=O)Nc1ccc2ccccc2c1OS(=O)(=O)O. The van der Waals surface area contributed by atoms with E-state index in [9.17, 15) is 13.2 Å². The van der Waals surface area contributed by atoms with Gasteiger partial charge in [0, 0.05) is 12.3 Å². The second kappa shape index (κ2) is 4.87. The summed E-state index contributed by atoms with van der Waals surface area (Å²) < 4.78 is 35.2. The molecular weight excluding hydrogens is 270 g/mol. The van der Waals surface area contributed by atoms with Crippen molar-refractivity contribution in [1.82, 2.24) is 0 Å². The topological polar surface area (TPSA) is 92.7 Å². The van der Waals surface area contributed by atoms with E-state index in [0.29, 0.717) is 5.39 Å². The third-order valence-corrected chi connectivity index (χ3v) is 2.76. The van der Waals surface area contributed by atoms with Crippen molar-refractivity contribution in [2.75, 3.05) is 5.32 Å². The van der Waals surface area contributed by atoms with Gasteiger partial charge in [0.05, 0.1) is 5.69 Å². The lowest BCUT2D eigenvalue weighted by molar-refractivity contribution is -0.114. The zero-order valence-electron chi connectivity index (χ0n) is 9.95. The summed E-state index contributed by atoms with van der Waals surface area (Å²) in [5, 5.41) is 3.63. The summed E-state index contributed by atoms with van der Waals surface area (Å²) >= 11 is 0. The van der Waals surface area contributed by atoms with Gasteiger partial charge < -0.3 is 9.50 Å². The highest BCUT2D eigenvalue weighted by Crippen LogP contribution is 2.34. The summed E-state index contributed by atoms with van der Waals surface area (Å²) in [4.78, 5) is 11.1. The third kappa shape index (κ3) is 3.21. The Balaban J connectivity index is 2.67. The first-order chi connectivity index (χ1) is 8.87. The minimum Gasteiger partial charge on any atom is -0.359 e. The summed E-state index contributed by atoms with van der Waals surface area (Å²) in [5.41, 5.74) is 0.170. The number of nitrogens with one attached hydrogen (secondary N) is 1. The van der Waals surface area contributed by atoms with E-state index in [4.69, 9.17) is 4.55 Å². The summed E-state index contributed by atoms with van der Waals surface area (Å²) in [6.07, 6.45) is 0. The molecule has 2 aromatic carbocycles. The average molecular weight is 281 g/mol. The van der Waals surface area contributed by atoms with Crippen molar-refractivity contribution in [3.63, 3.8) is 0 Å². The fraction of sp³-hybridized carbons (Fsp3) is 0.0833. The van der Waals surface area contributed by atoms with E-state index in [-0.39, 0.29) is 17.3 Å². The molecule has 0 bridgehead atoms. The Labute approximate surface area is 110 Å². The molecule has 0 aromatic heterocycles. The molecule has 0 aliphatic rings. The van der Waals surface area contributed by atoms with Crippen molar-refractivity contribution in [2.24, 2.45) is 0 Å². The second-order valence-corrected chi connectivity index (χ2v) is 4.88. The molecule has 0 saturated heterocycles. The van der Waals surface area contributed by atoms with Gasteiger partial charge in [0.2, 0.25) is 5.91 Å². The van der Waals surface area contributed by atoms with Crippen LogP contribution in [0.15, 0.2) is 36.4 Å². The first-order valence-electron chi connectivity index (χ1n) is 5.33. The van der Waals surface area contributed by atoms with Gasteiger partial charge in [-0.15, -0.1) is 0 Å². The van der Waals surface area contributed by atoms with Crippen molar-refractivity contribution < 1.29 is 21.9 Å². The summed E-state index contributed by atoms with van der Waals surface area (Å²) in [5.74, 6) is -0.494. The maximum atomic E-state index is 11.1. The lowest BCUT2D eigenvalue weighted by Gasteiger charge is -2.12. The zero-order chi connectivity index (χ0) is 14.0. The van der Waals surface area contributed by atoms with Crippen LogP contribution < -0.4 is 9.50 Å². The molecule has 0 fully saturated rings. The number of hydrogen-bond donors (Lipinski definition) is 2. The van der Waals surface area contributed by atoms with E-state index >= 15 is 0 Å². The predicted octanol–water partition coefficient (Wildman–Crippen LogP) is 1.98. The fourth-order valence-electron chi connectivity index (χ4n) is 1.73. The first kappa shape index (κ1) is 13.3. The number of anilines is 1. The molecular formula is C12H11NO5S. The van der Waals surface area contributed by atoms with Gasteiger partial charge in [-0.3, -0.25) is 9.35 Å². The maximum Gasteiger partial charge on any atom is 0.446 e. The predicted molar refractivity (Wildman–Crippen MR) is 70.4 cm³/mol. The number of carbonyl (C=O) groups excluding carboxylic acids is 1. The molecule has 100 valence electrons. The van der Waals surface area contributed by atoms with E-state index in [1.165, 1.54) is 13.0 Å². The zero-order valence-corrected chi connectivity index (χ0v) is 10.8. The maximum absolute atomic E-state index is 11.1. The highest BCUT2D eigenvalue weighted by Gasteiger charge is 2.16. The molecule has 0 radical (unpaired) electrons. The molecule has 0 heterocycles. The lowest BCUT2D eigenvalue weighted by atomic mass is 10.1. The van der Waals surface area contributed by atoms with Crippen LogP contribution >= 0.6 is 0 Å². The Hall–Kier alpha value is -2.12. The number of carbonyl (C=O) groups is 1. The minimum absolute atomic E-state index is 0.115. The van der Waals surface area contributed by atoms with Crippen molar-refractivity contribution in [3.05, 3.63) is 36.4 Å². The number of hydrogen-bond acceptors (Lipinski definition) is 4. The number of amides is 1. The van der Waals surface area contributed by atoms with E-state index in [1.807, 2.05) is 0 Å². The van der Waals surface area contributed by atoms with Crippen LogP contribution in [0.3, 0.4) is 0 Å². The van der Waals surface area contributed by atoms with Gasteiger partial charge >= 0.3 is 10.4 Å². The fourth-order valence-corrected chi connectivity index (χ4v) is 2.12. The number of benzene rings is 2. The van der Waals surface area contributed by atoms with E-state index in [1.54, 1.807) is 30.3 Å². The summed E-state index contributed by atoms with van der Waals surface area (Å²) in [6.45, 7) is 1.28. The molecule has 7 heteroatoms. The lowest BCUT2D eigenvalue weighted by Crippen LogP contribution is -2.12. The highest BCUT2D eigenvalue weighted by molar-refractivity contribution is 7.81. The number of rotatable bonds is 3. The number of fused-ring (bicyclic) bond motifs is 1. The van der Waals surface area contributed by atoms with Gasteiger partial charge in [0.1, 0.15) is 0 Å². The van der Waals surface area contributed by atoms with Crippen molar-refractivity contribution in [2.45, 2.75) is 6.92 Å². The van der Waals surface area contributed by atoms with Crippen LogP contribution in [0, 0.1) is 0 Å². The Morgan fingerprint density at radius 3 is 2.53 bits per heavy atom. The molecule has 2 rings (SSSR count). The molecule has 1 amide bonds. The molecule has 19 heavy (non-hydrogen) atoms. The Morgan fingerprint density at radius 2 is 1.89 bits per heavy atom. The van der Waals surface area contributed by atoms with Crippen LogP contribution in [0.1, 0.15) is 6.92 Å². The van der Waals surface area contributed by atoms with E-state index in [2.05, 4.69) is 9.50 Å². The molecule has 0 aliphatic carbocycles. The van der Waals surface area contributed by atoms with Gasteiger partial charge in [0.15, 0.2) is 5.75 Å². The van der Waals surface area contributed by atoms with E-state index < -0.39 is 10.4 Å². The largest absolute Gasteiger partial charge is 0.446 e. The van der Waals surface area contributed by atoms with Crippen LogP contribution in [0.5, 0.6) is 5.75 Å². The summed E-state index contributed by atoms with van der Waals surface area (Å²) in [7, 11) is -4.68. The monoisotopic (exact) mass is 281 g/mol. The molecule has 0 unspecified atom stereocenters. The Kier molecular flexibility index (Phi) is 3.41. The molecule has 2 aromatic rings.